The Balaban J connectivity index is 1.85. The second-order valence-corrected chi connectivity index (χ2v) is 7.72. The van der Waals surface area contributed by atoms with Gasteiger partial charge in [-0.1, -0.05) is 27.7 Å². The average molecular weight is 295 g/mol. The topological polar surface area (TPSA) is 35.6 Å². The molecule has 2 heterocycles. The van der Waals surface area contributed by atoms with E-state index in [1.165, 1.54) is 12.8 Å². The Morgan fingerprint density at radius 1 is 1.19 bits per heavy atom. The highest BCUT2D eigenvalue weighted by Crippen LogP contribution is 2.24. The van der Waals surface area contributed by atoms with E-state index in [0.717, 1.165) is 38.6 Å². The van der Waals surface area contributed by atoms with Crippen molar-refractivity contribution in [3.8, 4) is 0 Å². The van der Waals surface area contributed by atoms with E-state index in [1.54, 1.807) is 0 Å². The standard InChI is InChI=1S/C17H33N3O/c1-13(2)9-20(10-14(3)4)17(21)12-19-8-6-16-15(11-19)5-7-18-16/h13-16,18H,5-12H2,1-4H3. The lowest BCUT2D eigenvalue weighted by molar-refractivity contribution is -0.134. The monoisotopic (exact) mass is 295 g/mol. The highest BCUT2D eigenvalue weighted by molar-refractivity contribution is 5.78. The summed E-state index contributed by atoms with van der Waals surface area (Å²) in [5, 5.41) is 3.59. The van der Waals surface area contributed by atoms with Crippen molar-refractivity contribution in [2.75, 3.05) is 39.3 Å². The Labute approximate surface area is 130 Å². The maximum atomic E-state index is 12.6. The van der Waals surface area contributed by atoms with E-state index in [4.69, 9.17) is 0 Å². The molecule has 1 amide bonds. The molecule has 122 valence electrons. The van der Waals surface area contributed by atoms with Crippen molar-refractivity contribution < 1.29 is 4.79 Å². The van der Waals surface area contributed by atoms with Crippen LogP contribution < -0.4 is 5.32 Å². The van der Waals surface area contributed by atoms with Crippen LogP contribution in [0, 0.1) is 17.8 Å². The molecular formula is C17H33N3O. The Morgan fingerprint density at radius 3 is 2.48 bits per heavy atom. The highest BCUT2D eigenvalue weighted by atomic mass is 16.2. The third-order valence-electron chi connectivity index (χ3n) is 4.62. The summed E-state index contributed by atoms with van der Waals surface area (Å²) in [7, 11) is 0. The minimum Gasteiger partial charge on any atom is -0.341 e. The lowest BCUT2D eigenvalue weighted by atomic mass is 9.93. The first-order valence-corrected chi connectivity index (χ1v) is 8.69. The molecule has 0 aromatic rings. The summed E-state index contributed by atoms with van der Waals surface area (Å²) in [4.78, 5) is 17.1. The molecule has 1 N–H and O–H groups in total. The number of carbonyl (C=O) groups is 1. The molecule has 0 saturated carbocycles. The number of amides is 1. The fourth-order valence-electron chi connectivity index (χ4n) is 3.72. The van der Waals surface area contributed by atoms with Gasteiger partial charge in [-0.25, -0.2) is 0 Å². The fourth-order valence-corrected chi connectivity index (χ4v) is 3.72. The van der Waals surface area contributed by atoms with Crippen LogP contribution in [0.2, 0.25) is 0 Å². The molecule has 2 fully saturated rings. The summed E-state index contributed by atoms with van der Waals surface area (Å²) in [6.07, 6.45) is 2.48. The van der Waals surface area contributed by atoms with E-state index in [2.05, 4.69) is 42.8 Å². The molecule has 2 rings (SSSR count). The first-order valence-electron chi connectivity index (χ1n) is 8.69. The molecule has 0 aromatic carbocycles. The zero-order valence-electron chi connectivity index (χ0n) is 14.3. The van der Waals surface area contributed by atoms with Crippen LogP contribution in [0.4, 0.5) is 0 Å². The smallest absolute Gasteiger partial charge is 0.236 e. The van der Waals surface area contributed by atoms with Gasteiger partial charge in [0.15, 0.2) is 0 Å². The van der Waals surface area contributed by atoms with Gasteiger partial charge < -0.3 is 10.2 Å². The quantitative estimate of drug-likeness (QED) is 0.812. The number of fused-ring (bicyclic) bond motifs is 1. The van der Waals surface area contributed by atoms with Crippen molar-refractivity contribution in [3.05, 3.63) is 0 Å². The van der Waals surface area contributed by atoms with Gasteiger partial charge in [0.2, 0.25) is 5.91 Å². The number of carbonyl (C=O) groups excluding carboxylic acids is 1. The van der Waals surface area contributed by atoms with E-state index in [0.29, 0.717) is 30.3 Å². The summed E-state index contributed by atoms with van der Waals surface area (Å²) in [5.41, 5.74) is 0. The molecule has 0 radical (unpaired) electrons. The molecule has 0 spiro atoms. The summed E-state index contributed by atoms with van der Waals surface area (Å²) in [5.74, 6) is 2.16. The van der Waals surface area contributed by atoms with Crippen LogP contribution in [0.15, 0.2) is 0 Å². The average Bonchev–Trinajstić information content (AvgIpc) is 2.84. The van der Waals surface area contributed by atoms with Crippen LogP contribution in [-0.2, 0) is 4.79 Å². The molecule has 2 saturated heterocycles. The van der Waals surface area contributed by atoms with Crippen molar-refractivity contribution in [2.24, 2.45) is 17.8 Å². The van der Waals surface area contributed by atoms with E-state index >= 15 is 0 Å². The number of likely N-dealkylation sites (tertiary alicyclic amines) is 1. The summed E-state index contributed by atoms with van der Waals surface area (Å²) < 4.78 is 0. The number of nitrogens with zero attached hydrogens (tertiary/aromatic N) is 2. The second-order valence-electron chi connectivity index (χ2n) is 7.72. The minimum atomic E-state index is 0.321. The molecule has 0 bridgehead atoms. The number of nitrogens with one attached hydrogen (secondary N) is 1. The van der Waals surface area contributed by atoms with Crippen molar-refractivity contribution in [2.45, 2.75) is 46.6 Å². The molecule has 2 unspecified atom stereocenters. The van der Waals surface area contributed by atoms with Crippen LogP contribution in [-0.4, -0.2) is 61.0 Å². The summed E-state index contributed by atoms with van der Waals surface area (Å²) >= 11 is 0. The molecular weight excluding hydrogens is 262 g/mol. The predicted octanol–water partition coefficient (Wildman–Crippen LogP) is 1.81. The van der Waals surface area contributed by atoms with Gasteiger partial charge in [0.1, 0.15) is 0 Å². The van der Waals surface area contributed by atoms with Crippen LogP contribution >= 0.6 is 0 Å². The zero-order chi connectivity index (χ0) is 15.4. The van der Waals surface area contributed by atoms with Crippen molar-refractivity contribution in [1.82, 2.24) is 15.1 Å². The minimum absolute atomic E-state index is 0.321. The van der Waals surface area contributed by atoms with Crippen LogP contribution in [0.25, 0.3) is 0 Å². The Morgan fingerprint density at radius 2 is 1.86 bits per heavy atom. The van der Waals surface area contributed by atoms with Gasteiger partial charge in [-0.05, 0) is 37.1 Å². The maximum Gasteiger partial charge on any atom is 0.236 e. The van der Waals surface area contributed by atoms with Gasteiger partial charge in [0, 0.05) is 32.2 Å². The van der Waals surface area contributed by atoms with E-state index < -0.39 is 0 Å². The lowest BCUT2D eigenvalue weighted by Gasteiger charge is -2.36. The largest absolute Gasteiger partial charge is 0.341 e. The number of hydrogen-bond acceptors (Lipinski definition) is 3. The number of hydrogen-bond donors (Lipinski definition) is 1. The van der Waals surface area contributed by atoms with Crippen LogP contribution in [0.1, 0.15) is 40.5 Å². The Bertz CT molecular complexity index is 333. The van der Waals surface area contributed by atoms with Gasteiger partial charge in [0.05, 0.1) is 6.54 Å². The summed E-state index contributed by atoms with van der Waals surface area (Å²) in [6.45, 7) is 14.5. The Hall–Kier alpha value is -0.610. The fraction of sp³-hybridized carbons (Fsp3) is 0.941. The lowest BCUT2D eigenvalue weighted by Crippen LogP contribution is -2.49. The van der Waals surface area contributed by atoms with Crippen molar-refractivity contribution >= 4 is 5.91 Å². The third-order valence-corrected chi connectivity index (χ3v) is 4.62. The molecule has 0 aromatic heterocycles. The Kier molecular flexibility index (Phi) is 6.06. The normalized spacial score (nSPS) is 26.4. The molecule has 2 aliphatic heterocycles. The number of piperidine rings is 1. The molecule has 4 heteroatoms. The predicted molar refractivity (Wildman–Crippen MR) is 87.2 cm³/mol. The zero-order valence-corrected chi connectivity index (χ0v) is 14.3. The molecule has 4 nitrogen and oxygen atoms in total. The van der Waals surface area contributed by atoms with Gasteiger partial charge in [-0.2, -0.15) is 0 Å². The van der Waals surface area contributed by atoms with E-state index in [1.807, 2.05) is 0 Å². The van der Waals surface area contributed by atoms with E-state index in [-0.39, 0.29) is 0 Å². The third kappa shape index (κ3) is 4.96. The van der Waals surface area contributed by atoms with Gasteiger partial charge in [-0.15, -0.1) is 0 Å². The summed E-state index contributed by atoms with van der Waals surface area (Å²) in [6, 6.07) is 0.707. The molecule has 0 aliphatic carbocycles. The maximum absolute atomic E-state index is 12.6. The van der Waals surface area contributed by atoms with Crippen LogP contribution in [0.5, 0.6) is 0 Å². The van der Waals surface area contributed by atoms with Crippen molar-refractivity contribution in [1.29, 1.82) is 0 Å². The van der Waals surface area contributed by atoms with Gasteiger partial charge in [0.25, 0.3) is 0 Å². The molecule has 2 aliphatic rings. The van der Waals surface area contributed by atoms with Crippen LogP contribution in [0.3, 0.4) is 0 Å². The van der Waals surface area contributed by atoms with Gasteiger partial charge >= 0.3 is 0 Å². The SMILES string of the molecule is CC(C)CN(CC(C)C)C(=O)CN1CCC2NCCC2C1. The molecule has 21 heavy (non-hydrogen) atoms. The first-order chi connectivity index (χ1) is 9.95. The highest BCUT2D eigenvalue weighted by Gasteiger charge is 2.33. The second kappa shape index (κ2) is 7.59. The molecule has 2 atom stereocenters. The number of rotatable bonds is 6. The first kappa shape index (κ1) is 16.8. The van der Waals surface area contributed by atoms with Crippen molar-refractivity contribution in [3.63, 3.8) is 0 Å². The van der Waals surface area contributed by atoms with Gasteiger partial charge in [-0.3, -0.25) is 9.69 Å². The van der Waals surface area contributed by atoms with E-state index in [9.17, 15) is 4.79 Å².